The molecule has 0 unspecified atom stereocenters. The number of benzene rings is 14. The van der Waals surface area contributed by atoms with Crippen LogP contribution in [0.1, 0.15) is 115 Å². The smallest absolute Gasteiger partial charge is 0.337 e. The molecule has 0 aromatic heterocycles. The Morgan fingerprint density at radius 2 is 0.669 bits per heavy atom. The van der Waals surface area contributed by atoms with Crippen LogP contribution in [0, 0.1) is 52.6 Å². The summed E-state index contributed by atoms with van der Waals surface area (Å²) in [6, 6.07) is 79.7. The average molecular weight is 1920 g/mol. The van der Waals surface area contributed by atoms with Gasteiger partial charge in [-0.3, -0.25) is 20.2 Å². The predicted molar refractivity (Wildman–Crippen MR) is 518 cm³/mol. The number of aryl methyl sites for hydroxylation is 4. The number of carbonyl (C=O) groups is 7. The van der Waals surface area contributed by atoms with Crippen molar-refractivity contribution in [3.63, 3.8) is 0 Å². The van der Waals surface area contributed by atoms with Crippen LogP contribution in [0.15, 0.2) is 297 Å². The Labute approximate surface area is 789 Å². The minimum atomic E-state index is -1.12. The zero-order valence-corrected chi connectivity index (χ0v) is 75.0. The number of carboxylic acids is 7. The number of anilines is 14. The fourth-order valence-electron chi connectivity index (χ4n) is 12.1. The third kappa shape index (κ3) is 31.6. The van der Waals surface area contributed by atoms with Gasteiger partial charge in [0.25, 0.3) is 11.4 Å². The lowest BCUT2D eigenvalue weighted by molar-refractivity contribution is -0.384. The van der Waals surface area contributed by atoms with Crippen molar-refractivity contribution < 1.29 is 87.9 Å². The molecule has 0 atom stereocenters. The number of nitrogens with zero attached hydrogens (tertiary/aromatic N) is 2. The topological polar surface area (TPSA) is 432 Å². The monoisotopic (exact) mass is 1920 g/mol. The summed E-state index contributed by atoms with van der Waals surface area (Å²) in [5.41, 5.74) is 12.2. The second-order valence-corrected chi connectivity index (χ2v) is 30.7. The van der Waals surface area contributed by atoms with Crippen molar-refractivity contribution in [3.05, 3.63) is 420 Å². The first-order chi connectivity index (χ1) is 63.4. The highest BCUT2D eigenvalue weighted by Gasteiger charge is 2.21. The summed E-state index contributed by atoms with van der Waals surface area (Å²) in [5.74, 6) is -8.61. The second kappa shape index (κ2) is 50.4. The number of nitrogens with one attached hydrogen (secondary N) is 7. The molecule has 0 spiro atoms. The van der Waals surface area contributed by atoms with Crippen LogP contribution in [0.4, 0.5) is 99.8 Å². The van der Waals surface area contributed by atoms with E-state index in [1.807, 2.05) is 63.2 Å². The molecule has 0 aliphatic carbocycles. The molecule has 0 amide bonds. The summed E-state index contributed by atoms with van der Waals surface area (Å²) in [7, 11) is 0. The fraction of sp³-hybridized carbons (Fsp3) is 0.0714. The summed E-state index contributed by atoms with van der Waals surface area (Å²) < 4.78 is 26.2. The van der Waals surface area contributed by atoms with Crippen LogP contribution in [0.3, 0.4) is 0 Å². The van der Waals surface area contributed by atoms with E-state index in [0.717, 1.165) is 58.4 Å². The van der Waals surface area contributed by atoms with Crippen molar-refractivity contribution in [2.75, 3.05) is 37.2 Å². The molecule has 0 heterocycles. The lowest BCUT2D eigenvalue weighted by Gasteiger charge is -2.12. The van der Waals surface area contributed by atoms with Crippen LogP contribution in [-0.2, 0) is 6.42 Å². The van der Waals surface area contributed by atoms with E-state index in [2.05, 4.69) is 62.3 Å². The van der Waals surface area contributed by atoms with Crippen molar-refractivity contribution in [1.29, 1.82) is 0 Å². The van der Waals surface area contributed by atoms with Crippen molar-refractivity contribution >= 4 is 202 Å². The normalized spacial score (nSPS) is 10.1. The van der Waals surface area contributed by atoms with Gasteiger partial charge in [-0.25, -0.2) is 42.3 Å². The Hall–Kier alpha value is -15.6. The van der Waals surface area contributed by atoms with Gasteiger partial charge in [0, 0.05) is 52.0 Å². The molecule has 0 radical (unpaired) electrons. The van der Waals surface area contributed by atoms with Crippen LogP contribution in [0.2, 0.25) is 30.1 Å². The van der Waals surface area contributed by atoms with Gasteiger partial charge in [0.2, 0.25) is 0 Å². The molecule has 133 heavy (non-hydrogen) atoms. The van der Waals surface area contributed by atoms with E-state index in [1.165, 1.54) is 79.1 Å². The van der Waals surface area contributed by atoms with E-state index in [4.69, 9.17) is 105 Å². The zero-order valence-electron chi connectivity index (χ0n) is 70.5. The first kappa shape index (κ1) is 103. The molecule has 0 aliphatic heterocycles. The van der Waals surface area contributed by atoms with Gasteiger partial charge in [0.1, 0.15) is 16.7 Å². The Kier molecular flexibility index (Phi) is 38.9. The highest BCUT2D eigenvalue weighted by Crippen LogP contribution is 2.38. The van der Waals surface area contributed by atoms with E-state index in [9.17, 15) is 62.6 Å². The standard InChI is InChI=1S/C17H19NO2.C15H15NO2.C14H12ClNO2.C13H8Cl2N2O4.C13H9Cl2NO2.C13H9ClN2O4.C13H9F2NO2/c1-2-3-6-13-9-11-14(12-10-13)18-16-8-5-4-7-15(16)17(19)20;1-10-7-11(2)9-12(8-10)16-14-6-4-3-5-13(14)15(17)18;1-9-6-7-10(15)8-13(9)16-12-5-3-2-4-11(12)14(17)18;14-8-6-12(17(20)21)9(15)5-11(8)16-10-4-2-1-3-7(10)13(18)19;14-10-6-5-8(7-11(10)15)16-12-4-2-1-3-9(12)13(17)18;14-10-6-5-8(16(19)20)7-12(10)15-11-4-2-1-3-9(11)13(17)18;14-8-5-6-12(10(15)7-8)16-11-4-2-1-3-9(11)13(17)18/h4-5,7-12,18H,2-3,6H2,1H3,(H,19,20);3-9,16H,1-2H3,(H,17,18);2-8,16H,1H3,(H,17,18);1-6,16H,(H,18,19);1-7,16H,(H,17,18);1-7,15H,(H,17,18);1-7,16H,(H,17,18). The molecule has 0 saturated carbocycles. The van der Waals surface area contributed by atoms with Gasteiger partial charge in [0.15, 0.2) is 0 Å². The first-order valence-corrected chi connectivity index (χ1v) is 41.7. The number of unbranched alkanes of at least 4 members (excludes halogenated alkanes) is 1. The van der Waals surface area contributed by atoms with Crippen LogP contribution in [-0.4, -0.2) is 87.4 Å². The van der Waals surface area contributed by atoms with Crippen LogP contribution in [0.5, 0.6) is 0 Å². The second-order valence-electron chi connectivity index (χ2n) is 28.2. The minimum Gasteiger partial charge on any atom is -0.478 e. The summed E-state index contributed by atoms with van der Waals surface area (Å²) in [6.45, 7) is 8.14. The largest absolute Gasteiger partial charge is 0.478 e. The molecular weight excluding hydrogens is 1840 g/mol. The van der Waals surface area contributed by atoms with Crippen LogP contribution < -0.4 is 37.2 Å². The number of hydrogen-bond donors (Lipinski definition) is 14. The van der Waals surface area contributed by atoms with E-state index in [-0.39, 0.29) is 88.1 Å². The number of non-ortho nitro benzene ring substituents is 1. The van der Waals surface area contributed by atoms with Crippen LogP contribution in [0.25, 0.3) is 0 Å². The van der Waals surface area contributed by atoms with Crippen molar-refractivity contribution in [2.24, 2.45) is 0 Å². The van der Waals surface area contributed by atoms with Crippen molar-refractivity contribution in [1.82, 2.24) is 0 Å². The predicted octanol–water partition coefficient (Wildman–Crippen LogP) is 28.2. The summed E-state index contributed by atoms with van der Waals surface area (Å²) in [6.07, 6.45) is 3.46. The van der Waals surface area contributed by atoms with E-state index in [1.54, 1.807) is 158 Å². The highest BCUT2D eigenvalue weighted by atomic mass is 35.5. The van der Waals surface area contributed by atoms with Gasteiger partial charge in [-0.1, -0.05) is 192 Å². The summed E-state index contributed by atoms with van der Waals surface area (Å²) in [5, 5.41) is 107. The third-order valence-electron chi connectivity index (χ3n) is 18.5. The van der Waals surface area contributed by atoms with Gasteiger partial charge in [-0.2, -0.15) is 0 Å². The maximum atomic E-state index is 13.4. The molecule has 14 N–H and O–H groups in total. The Morgan fingerprint density at radius 3 is 1.05 bits per heavy atom. The van der Waals surface area contributed by atoms with Crippen molar-refractivity contribution in [3.8, 4) is 0 Å². The number of halogens is 8. The third-order valence-corrected chi connectivity index (χ3v) is 20.4. The number of hydrogen-bond acceptors (Lipinski definition) is 18. The van der Waals surface area contributed by atoms with Gasteiger partial charge in [0.05, 0.1) is 126 Å². The lowest BCUT2D eigenvalue weighted by atomic mass is 10.1. The van der Waals surface area contributed by atoms with Crippen molar-refractivity contribution in [2.45, 2.75) is 47.0 Å². The quantitative estimate of drug-likeness (QED) is 0.0177. The molecule has 35 heteroatoms. The van der Waals surface area contributed by atoms with Gasteiger partial charge in [-0.05, 0) is 220 Å². The lowest BCUT2D eigenvalue weighted by Crippen LogP contribution is -2.03. The molecule has 0 bridgehead atoms. The molecule has 0 saturated heterocycles. The summed E-state index contributed by atoms with van der Waals surface area (Å²) in [4.78, 5) is 97.8. The maximum absolute atomic E-state index is 13.4. The number of rotatable bonds is 26. The molecule has 682 valence electrons. The molecule has 0 aliphatic rings. The molecular formula is C98H81Cl6F2N9O18. The number of carboxylic acid groups (broad SMARTS) is 7. The molecule has 27 nitrogen and oxygen atoms in total. The minimum absolute atomic E-state index is 0.0150. The number of nitro groups is 2. The number of nitro benzene ring substituents is 2. The van der Waals surface area contributed by atoms with E-state index in [0.29, 0.717) is 54.9 Å². The molecule has 14 aromatic rings. The van der Waals surface area contributed by atoms with Crippen LogP contribution >= 0.6 is 69.6 Å². The molecule has 14 aromatic carbocycles. The van der Waals surface area contributed by atoms with Gasteiger partial charge in [-0.15, -0.1) is 0 Å². The zero-order chi connectivity index (χ0) is 97.1. The number of para-hydroxylation sites is 7. The Morgan fingerprint density at radius 1 is 0.308 bits per heavy atom. The SMILES string of the molecule is CCCCc1ccc(Nc2ccccc2C(=O)O)cc1.Cc1cc(C)cc(Nc2ccccc2C(=O)O)c1.Cc1ccc(Cl)cc1Nc1ccccc1C(=O)O.O=C(O)c1ccccc1Nc1cc(Cl)c([N+](=O)[O-])cc1Cl.O=C(O)c1ccccc1Nc1cc([N+](=O)[O-])ccc1Cl.O=C(O)c1ccccc1Nc1ccc(Cl)c(Cl)c1.O=C(O)c1ccccc1Nc1ccc(F)cc1F. The van der Waals surface area contributed by atoms with E-state index < -0.39 is 63.3 Å². The Bertz CT molecular complexity index is 6560. The average Bonchev–Trinajstić information content (AvgIpc) is 0.802. The molecule has 14 rings (SSSR count). The fourth-order valence-corrected chi connectivity index (χ4v) is 13.1. The number of aromatic carboxylic acids is 7. The van der Waals surface area contributed by atoms with Gasteiger partial charge >= 0.3 is 41.8 Å². The summed E-state index contributed by atoms with van der Waals surface area (Å²) >= 11 is 35.3. The maximum Gasteiger partial charge on any atom is 0.337 e. The molecule has 0 fully saturated rings. The first-order valence-electron chi connectivity index (χ1n) is 39.4. The Balaban J connectivity index is 0.000000191. The van der Waals surface area contributed by atoms with E-state index >= 15 is 0 Å². The highest BCUT2D eigenvalue weighted by molar-refractivity contribution is 6.42. The van der Waals surface area contributed by atoms with Gasteiger partial charge < -0.3 is 73.0 Å².